The number of amides is 1. The minimum Gasteiger partial charge on any atom is -0.507 e. The Hall–Kier alpha value is -3.41. The summed E-state index contributed by atoms with van der Waals surface area (Å²) in [5, 5.41) is 31.4. The average Bonchev–Trinajstić information content (AvgIpc) is 2.69. The number of alkyl halides is 3. The number of carbonyl (C=O) groups is 2. The van der Waals surface area contributed by atoms with Gasteiger partial charge < -0.3 is 26.6 Å². The second-order valence-electron chi connectivity index (χ2n) is 6.78. The van der Waals surface area contributed by atoms with Crippen LogP contribution in [0.3, 0.4) is 0 Å². The first-order valence-electron chi connectivity index (χ1n) is 9.22. The van der Waals surface area contributed by atoms with E-state index >= 15 is 0 Å². The number of nitrogens with zero attached hydrogens (tertiary/aromatic N) is 2. The van der Waals surface area contributed by atoms with E-state index in [1.165, 1.54) is 0 Å². The molecule has 1 saturated heterocycles. The number of rotatable bonds is 4. The number of anilines is 1. The summed E-state index contributed by atoms with van der Waals surface area (Å²) in [5.41, 5.74) is 5.06. The second-order valence-corrected chi connectivity index (χ2v) is 6.78. The summed E-state index contributed by atoms with van der Waals surface area (Å²) in [6.07, 6.45) is -2.74. The molecule has 12 heteroatoms. The maximum atomic E-state index is 12.8. The highest BCUT2D eigenvalue weighted by Gasteiger charge is 2.31. The quantitative estimate of drug-likeness (QED) is 0.453. The fourth-order valence-electron chi connectivity index (χ4n) is 3.26. The third kappa shape index (κ3) is 5.81. The number of phenols is 1. The van der Waals surface area contributed by atoms with Gasteiger partial charge in [0.25, 0.3) is 12.4 Å². The van der Waals surface area contributed by atoms with Gasteiger partial charge in [0.2, 0.25) is 0 Å². The average molecular weight is 441 g/mol. The van der Waals surface area contributed by atoms with Crippen molar-refractivity contribution in [2.75, 3.05) is 18.4 Å². The van der Waals surface area contributed by atoms with E-state index in [0.717, 1.165) is 31.5 Å². The number of phenolic OH excluding ortho intramolecular Hbond substituents is 1. The molecule has 3 rings (SSSR count). The Morgan fingerprint density at radius 2 is 2.03 bits per heavy atom. The molecular formula is C19H22F3N5O4. The Kier molecular flexibility index (Phi) is 7.75. The van der Waals surface area contributed by atoms with Gasteiger partial charge in [-0.3, -0.25) is 9.59 Å². The molecule has 1 unspecified atom stereocenters. The molecule has 6 N–H and O–H groups in total. The maximum Gasteiger partial charge on any atom is 0.416 e. The molecule has 1 atom stereocenters. The Morgan fingerprint density at radius 3 is 2.55 bits per heavy atom. The summed E-state index contributed by atoms with van der Waals surface area (Å²) >= 11 is 0. The van der Waals surface area contributed by atoms with Gasteiger partial charge in [-0.05, 0) is 50.1 Å². The van der Waals surface area contributed by atoms with E-state index in [-0.39, 0.29) is 35.2 Å². The van der Waals surface area contributed by atoms with Crippen molar-refractivity contribution in [2.24, 2.45) is 5.73 Å². The van der Waals surface area contributed by atoms with Crippen LogP contribution in [-0.2, 0) is 11.0 Å². The highest BCUT2D eigenvalue weighted by atomic mass is 19.4. The van der Waals surface area contributed by atoms with Crippen LogP contribution in [0.1, 0.15) is 34.3 Å². The Bertz CT molecular complexity index is 947. The molecular weight excluding hydrogens is 419 g/mol. The van der Waals surface area contributed by atoms with Crippen molar-refractivity contribution in [1.82, 2.24) is 15.5 Å². The summed E-state index contributed by atoms with van der Waals surface area (Å²) in [6.45, 7) is 2.92. The van der Waals surface area contributed by atoms with Crippen molar-refractivity contribution in [2.45, 2.75) is 32.0 Å². The number of nitrogens with two attached hydrogens (primary N) is 1. The molecule has 1 aromatic heterocycles. The van der Waals surface area contributed by atoms with E-state index in [0.29, 0.717) is 18.2 Å². The summed E-state index contributed by atoms with van der Waals surface area (Å²) in [6, 6.07) is 2.59. The summed E-state index contributed by atoms with van der Waals surface area (Å²) in [4.78, 5) is 20.4. The molecule has 1 amide bonds. The lowest BCUT2D eigenvalue weighted by Gasteiger charge is -2.25. The van der Waals surface area contributed by atoms with Gasteiger partial charge in [-0.25, -0.2) is 0 Å². The van der Waals surface area contributed by atoms with Gasteiger partial charge in [-0.2, -0.15) is 13.2 Å². The van der Waals surface area contributed by atoms with Crippen LogP contribution in [0.15, 0.2) is 18.2 Å². The number of carbonyl (C=O) groups excluding carboxylic acids is 1. The molecule has 31 heavy (non-hydrogen) atoms. The molecule has 0 aliphatic carbocycles. The van der Waals surface area contributed by atoms with E-state index < -0.39 is 23.4 Å². The summed E-state index contributed by atoms with van der Waals surface area (Å²) in [7, 11) is 0. The van der Waals surface area contributed by atoms with Crippen LogP contribution in [0.5, 0.6) is 5.75 Å². The van der Waals surface area contributed by atoms with E-state index in [4.69, 9.17) is 15.6 Å². The summed E-state index contributed by atoms with van der Waals surface area (Å²) in [5.74, 6) is -1.14. The molecule has 1 aliphatic rings. The second kappa shape index (κ2) is 10.1. The fraction of sp³-hybridized carbons (Fsp3) is 0.368. The molecule has 1 aromatic carbocycles. The molecule has 2 heterocycles. The smallest absolute Gasteiger partial charge is 0.416 e. The lowest BCUT2D eigenvalue weighted by atomic mass is 9.99. The van der Waals surface area contributed by atoms with Gasteiger partial charge in [-0.1, -0.05) is 0 Å². The van der Waals surface area contributed by atoms with Crippen molar-refractivity contribution in [1.29, 1.82) is 0 Å². The predicted molar refractivity (Wildman–Crippen MR) is 106 cm³/mol. The first-order valence-corrected chi connectivity index (χ1v) is 9.22. The lowest BCUT2D eigenvalue weighted by Crippen LogP contribution is -2.39. The van der Waals surface area contributed by atoms with Gasteiger partial charge in [0.1, 0.15) is 11.4 Å². The van der Waals surface area contributed by atoms with Crippen molar-refractivity contribution in [3.05, 3.63) is 34.9 Å². The number of hydrogen-bond donors (Lipinski definition) is 5. The zero-order valence-corrected chi connectivity index (χ0v) is 16.5. The van der Waals surface area contributed by atoms with Crippen LogP contribution in [0.4, 0.5) is 19.0 Å². The largest absolute Gasteiger partial charge is 0.507 e. The van der Waals surface area contributed by atoms with E-state index in [1.807, 2.05) is 0 Å². The standard InChI is InChI=1S/C18H20F3N5O2.CH2O2/c1-9-14(16(22)28)17(24-11-3-2-6-23-8-11)26-25-15(9)12-5-4-10(7-13(12)27)18(19,20)21;2-1-3/h4-5,7,11,23,27H,2-3,6,8H2,1H3,(H2,22,28)(H,24,26);1H,(H,2,3). The Labute approximate surface area is 175 Å². The van der Waals surface area contributed by atoms with Gasteiger partial charge in [0.05, 0.1) is 11.1 Å². The SMILES string of the molecule is Cc1c(-c2ccc(C(F)(F)F)cc2O)nnc(NC2CCCNC2)c1C(N)=O.O=CO. The number of primary amides is 1. The van der Waals surface area contributed by atoms with Crippen LogP contribution in [0.25, 0.3) is 11.3 Å². The monoisotopic (exact) mass is 441 g/mol. The fourth-order valence-corrected chi connectivity index (χ4v) is 3.26. The Morgan fingerprint density at radius 1 is 1.35 bits per heavy atom. The van der Waals surface area contributed by atoms with Crippen molar-refractivity contribution < 1.29 is 33.0 Å². The first kappa shape index (κ1) is 23.9. The number of nitrogens with one attached hydrogen (secondary N) is 2. The van der Waals surface area contributed by atoms with E-state index in [1.54, 1.807) is 6.92 Å². The molecule has 168 valence electrons. The van der Waals surface area contributed by atoms with Crippen LogP contribution < -0.4 is 16.4 Å². The van der Waals surface area contributed by atoms with Crippen molar-refractivity contribution in [3.8, 4) is 17.0 Å². The van der Waals surface area contributed by atoms with E-state index in [2.05, 4.69) is 20.8 Å². The van der Waals surface area contributed by atoms with Gasteiger partial charge in [0, 0.05) is 18.2 Å². The lowest BCUT2D eigenvalue weighted by molar-refractivity contribution is -0.137. The molecule has 0 spiro atoms. The van der Waals surface area contributed by atoms with Crippen LogP contribution in [0, 0.1) is 6.92 Å². The molecule has 9 nitrogen and oxygen atoms in total. The minimum absolute atomic E-state index is 0.0337. The number of aromatic hydroxyl groups is 1. The molecule has 0 bridgehead atoms. The topological polar surface area (TPSA) is 150 Å². The number of benzene rings is 1. The summed E-state index contributed by atoms with van der Waals surface area (Å²) < 4.78 is 38.4. The van der Waals surface area contributed by atoms with E-state index in [9.17, 15) is 23.1 Å². The van der Waals surface area contributed by atoms with Crippen molar-refractivity contribution in [3.63, 3.8) is 0 Å². The number of halogens is 3. The molecule has 1 aliphatic heterocycles. The van der Waals surface area contributed by atoms with Crippen LogP contribution in [-0.4, -0.2) is 51.9 Å². The third-order valence-electron chi connectivity index (χ3n) is 4.68. The number of hydrogen-bond acceptors (Lipinski definition) is 7. The minimum atomic E-state index is -4.59. The van der Waals surface area contributed by atoms with Gasteiger partial charge in [0.15, 0.2) is 5.82 Å². The Balaban J connectivity index is 0.00000107. The normalized spacial score (nSPS) is 16.1. The maximum absolute atomic E-state index is 12.8. The number of carboxylic acid groups (broad SMARTS) is 1. The zero-order valence-electron chi connectivity index (χ0n) is 16.5. The first-order chi connectivity index (χ1) is 14.6. The molecule has 1 fully saturated rings. The molecule has 0 radical (unpaired) electrons. The van der Waals surface area contributed by atoms with Crippen molar-refractivity contribution >= 4 is 18.2 Å². The number of aromatic nitrogens is 2. The molecule has 0 saturated carbocycles. The predicted octanol–water partition coefficient (Wildman–Crippen LogP) is 2.14. The third-order valence-corrected chi connectivity index (χ3v) is 4.68. The molecule has 2 aromatic rings. The van der Waals surface area contributed by atoms with Crippen LogP contribution in [0.2, 0.25) is 0 Å². The van der Waals surface area contributed by atoms with Crippen LogP contribution >= 0.6 is 0 Å². The highest BCUT2D eigenvalue weighted by molar-refractivity contribution is 6.00. The number of piperidine rings is 1. The zero-order chi connectivity index (χ0) is 23.2. The highest BCUT2D eigenvalue weighted by Crippen LogP contribution is 2.37. The van der Waals surface area contributed by atoms with Gasteiger partial charge in [-0.15, -0.1) is 10.2 Å². The van der Waals surface area contributed by atoms with Gasteiger partial charge >= 0.3 is 6.18 Å².